The van der Waals surface area contributed by atoms with E-state index in [1.54, 1.807) is 0 Å². The van der Waals surface area contributed by atoms with Crippen LogP contribution in [0.15, 0.2) is 48.5 Å². The van der Waals surface area contributed by atoms with Gasteiger partial charge < -0.3 is 20.5 Å². The first-order valence-corrected chi connectivity index (χ1v) is 11.7. The van der Waals surface area contributed by atoms with Crippen LogP contribution in [0, 0.1) is 11.8 Å². The van der Waals surface area contributed by atoms with E-state index in [9.17, 15) is 19.5 Å². The highest BCUT2D eigenvalue weighted by atomic mass is 16.5. The van der Waals surface area contributed by atoms with Gasteiger partial charge in [-0.1, -0.05) is 61.4 Å². The van der Waals surface area contributed by atoms with E-state index >= 15 is 0 Å². The van der Waals surface area contributed by atoms with Gasteiger partial charge in [0.05, 0.1) is 0 Å². The molecule has 7 heteroatoms. The summed E-state index contributed by atoms with van der Waals surface area (Å²) in [5.74, 6) is -1.17. The Morgan fingerprint density at radius 3 is 2.06 bits per heavy atom. The minimum atomic E-state index is -1.04. The first kappa shape index (κ1) is 21.5. The van der Waals surface area contributed by atoms with Crippen LogP contribution in [0.2, 0.25) is 0 Å². The number of fused-ring (bicyclic) bond motifs is 3. The number of rotatable bonds is 9. The smallest absolute Gasteiger partial charge is 0.407 e. The zero-order valence-electron chi connectivity index (χ0n) is 18.3. The molecule has 3 aliphatic carbocycles. The van der Waals surface area contributed by atoms with Crippen LogP contribution in [-0.4, -0.2) is 41.8 Å². The van der Waals surface area contributed by atoms with Gasteiger partial charge in [-0.2, -0.15) is 0 Å². The number of carboxylic acid groups (broad SMARTS) is 1. The lowest BCUT2D eigenvalue weighted by atomic mass is 9.98. The van der Waals surface area contributed by atoms with E-state index in [1.165, 1.54) is 0 Å². The summed E-state index contributed by atoms with van der Waals surface area (Å²) in [5.41, 5.74) is 4.53. The lowest BCUT2D eigenvalue weighted by Crippen LogP contribution is -2.52. The van der Waals surface area contributed by atoms with Crippen LogP contribution in [0.1, 0.15) is 49.1 Å². The van der Waals surface area contributed by atoms with Gasteiger partial charge >= 0.3 is 12.1 Å². The van der Waals surface area contributed by atoms with Gasteiger partial charge in [0.15, 0.2) is 0 Å². The molecule has 7 nitrogen and oxygen atoms in total. The van der Waals surface area contributed by atoms with Gasteiger partial charge in [-0.15, -0.1) is 0 Å². The van der Waals surface area contributed by atoms with Crippen molar-refractivity contribution < 1.29 is 24.2 Å². The maximum absolute atomic E-state index is 12.8. The molecule has 2 saturated carbocycles. The van der Waals surface area contributed by atoms with Gasteiger partial charge in [0.2, 0.25) is 5.91 Å². The lowest BCUT2D eigenvalue weighted by Gasteiger charge is -2.22. The number of ether oxygens (including phenoxy) is 1. The summed E-state index contributed by atoms with van der Waals surface area (Å²) in [5, 5.41) is 14.8. The summed E-state index contributed by atoms with van der Waals surface area (Å²) in [6.45, 7) is 0.165. The number of benzene rings is 2. The molecule has 2 atom stereocenters. The van der Waals surface area contributed by atoms with Crippen molar-refractivity contribution in [3.8, 4) is 11.1 Å². The molecule has 0 heterocycles. The Morgan fingerprint density at radius 2 is 1.52 bits per heavy atom. The molecular weight excluding hydrogens is 420 g/mol. The van der Waals surface area contributed by atoms with E-state index in [1.807, 2.05) is 36.4 Å². The fourth-order valence-corrected chi connectivity index (χ4v) is 4.76. The Hall–Kier alpha value is -3.35. The van der Waals surface area contributed by atoms with Crippen molar-refractivity contribution in [1.29, 1.82) is 0 Å². The largest absolute Gasteiger partial charge is 0.480 e. The number of carboxylic acids is 1. The first-order chi connectivity index (χ1) is 16.0. The summed E-state index contributed by atoms with van der Waals surface area (Å²) in [6.07, 6.45) is 3.43. The Kier molecular flexibility index (Phi) is 5.79. The van der Waals surface area contributed by atoms with E-state index in [0.29, 0.717) is 12.3 Å². The zero-order valence-corrected chi connectivity index (χ0v) is 18.3. The van der Waals surface area contributed by atoms with Gasteiger partial charge in [-0.05, 0) is 53.4 Å². The molecule has 3 aliphatic rings. The SMILES string of the molecule is O=C(NC(C(=O)NC(CC1CC1)C(=O)O)C1CC1)OCC1c2ccccc2-c2ccccc21. The maximum atomic E-state index is 12.8. The van der Waals surface area contributed by atoms with Crippen LogP contribution >= 0.6 is 0 Å². The monoisotopic (exact) mass is 448 g/mol. The van der Waals surface area contributed by atoms with E-state index in [4.69, 9.17) is 4.74 Å². The molecule has 5 rings (SSSR count). The molecule has 0 aliphatic heterocycles. The van der Waals surface area contributed by atoms with Crippen LogP contribution in [0.4, 0.5) is 4.79 Å². The van der Waals surface area contributed by atoms with E-state index in [0.717, 1.165) is 47.9 Å². The quantitative estimate of drug-likeness (QED) is 0.543. The van der Waals surface area contributed by atoms with Crippen LogP contribution in [0.25, 0.3) is 11.1 Å². The highest BCUT2D eigenvalue weighted by Crippen LogP contribution is 2.44. The van der Waals surface area contributed by atoms with Crippen LogP contribution in [0.3, 0.4) is 0 Å². The minimum Gasteiger partial charge on any atom is -0.480 e. The van der Waals surface area contributed by atoms with Crippen molar-refractivity contribution in [3.63, 3.8) is 0 Å². The third kappa shape index (κ3) is 4.72. The standard InChI is InChI=1S/C26H28N2O5/c29-24(27-22(25(30)31)13-15-9-10-15)23(16-11-12-16)28-26(32)33-14-21-19-7-3-1-5-17(19)18-6-2-4-8-20(18)21/h1-8,15-16,21-23H,9-14H2,(H,27,29)(H,28,32)(H,30,31). The molecule has 2 amide bonds. The van der Waals surface area contributed by atoms with Crippen molar-refractivity contribution in [1.82, 2.24) is 10.6 Å². The van der Waals surface area contributed by atoms with Crippen LogP contribution in [0.5, 0.6) is 0 Å². The average Bonchev–Trinajstić information content (AvgIpc) is 3.74. The molecule has 0 aromatic heterocycles. The maximum Gasteiger partial charge on any atom is 0.407 e. The Bertz CT molecular complexity index is 1030. The fourth-order valence-electron chi connectivity index (χ4n) is 4.76. The second kappa shape index (κ2) is 8.89. The molecule has 0 saturated heterocycles. The fraction of sp³-hybridized carbons (Fsp3) is 0.423. The third-order valence-corrected chi connectivity index (χ3v) is 6.87. The highest BCUT2D eigenvalue weighted by Gasteiger charge is 2.40. The molecule has 0 spiro atoms. The summed E-state index contributed by atoms with van der Waals surface area (Å²) >= 11 is 0. The Labute approximate surface area is 192 Å². The predicted octanol–water partition coefficient (Wildman–Crippen LogP) is 3.67. The van der Waals surface area contributed by atoms with E-state index < -0.39 is 30.1 Å². The minimum absolute atomic E-state index is 0.0147. The van der Waals surface area contributed by atoms with Gasteiger partial charge in [-0.3, -0.25) is 4.79 Å². The Morgan fingerprint density at radius 1 is 0.909 bits per heavy atom. The topological polar surface area (TPSA) is 105 Å². The van der Waals surface area contributed by atoms with Crippen LogP contribution in [-0.2, 0) is 14.3 Å². The molecule has 2 aromatic rings. The summed E-state index contributed by atoms with van der Waals surface area (Å²) in [7, 11) is 0. The van der Waals surface area contributed by atoms with Crippen molar-refractivity contribution in [2.45, 2.75) is 50.1 Å². The van der Waals surface area contributed by atoms with E-state index in [-0.39, 0.29) is 18.4 Å². The molecule has 2 aromatic carbocycles. The molecule has 172 valence electrons. The lowest BCUT2D eigenvalue weighted by molar-refractivity contribution is -0.142. The van der Waals surface area contributed by atoms with Gasteiger partial charge in [-0.25, -0.2) is 9.59 Å². The number of carbonyl (C=O) groups is 3. The van der Waals surface area contributed by atoms with E-state index in [2.05, 4.69) is 22.8 Å². The predicted molar refractivity (Wildman–Crippen MR) is 122 cm³/mol. The molecule has 0 radical (unpaired) electrons. The van der Waals surface area contributed by atoms with Gasteiger partial charge in [0, 0.05) is 5.92 Å². The zero-order chi connectivity index (χ0) is 22.9. The number of aliphatic carboxylic acids is 1. The molecular formula is C26H28N2O5. The summed E-state index contributed by atoms with van der Waals surface area (Å²) < 4.78 is 5.58. The summed E-state index contributed by atoms with van der Waals surface area (Å²) in [6, 6.07) is 14.5. The molecule has 2 fully saturated rings. The first-order valence-electron chi connectivity index (χ1n) is 11.7. The van der Waals surface area contributed by atoms with Crippen molar-refractivity contribution in [2.24, 2.45) is 11.8 Å². The number of hydrogen-bond donors (Lipinski definition) is 3. The number of carbonyl (C=O) groups excluding carboxylic acids is 2. The third-order valence-electron chi connectivity index (χ3n) is 6.87. The molecule has 3 N–H and O–H groups in total. The highest BCUT2D eigenvalue weighted by molar-refractivity contribution is 5.89. The second-order valence-corrected chi connectivity index (χ2v) is 9.36. The van der Waals surface area contributed by atoms with Gasteiger partial charge in [0.1, 0.15) is 18.7 Å². The number of alkyl carbamates (subject to hydrolysis) is 1. The molecule has 0 bridgehead atoms. The number of amides is 2. The Balaban J connectivity index is 1.22. The van der Waals surface area contributed by atoms with Crippen molar-refractivity contribution in [2.75, 3.05) is 6.61 Å². The normalized spacial score (nSPS) is 18.5. The second-order valence-electron chi connectivity index (χ2n) is 9.36. The number of nitrogens with one attached hydrogen (secondary N) is 2. The summed E-state index contributed by atoms with van der Waals surface area (Å²) in [4.78, 5) is 37.0. The average molecular weight is 449 g/mol. The van der Waals surface area contributed by atoms with Gasteiger partial charge in [0.25, 0.3) is 0 Å². The van der Waals surface area contributed by atoms with Crippen LogP contribution < -0.4 is 10.6 Å². The molecule has 2 unspecified atom stereocenters. The number of hydrogen-bond acceptors (Lipinski definition) is 4. The van der Waals surface area contributed by atoms with Crippen molar-refractivity contribution >= 4 is 18.0 Å². The molecule has 33 heavy (non-hydrogen) atoms. The van der Waals surface area contributed by atoms with Crippen molar-refractivity contribution in [3.05, 3.63) is 59.7 Å².